The van der Waals surface area contributed by atoms with Gasteiger partial charge in [-0.1, -0.05) is 0 Å². The lowest BCUT2D eigenvalue weighted by molar-refractivity contribution is -0.0878. The van der Waals surface area contributed by atoms with Gasteiger partial charge in [0.05, 0.1) is 32.4 Å². The van der Waals surface area contributed by atoms with Crippen LogP contribution in [-0.2, 0) is 16.0 Å². The Bertz CT molecular complexity index is 689. The predicted molar refractivity (Wildman–Crippen MR) is 89.3 cm³/mol. The van der Waals surface area contributed by atoms with E-state index in [9.17, 15) is 9.59 Å². The molecule has 1 aliphatic carbocycles. The average molecular weight is 348 g/mol. The van der Waals surface area contributed by atoms with E-state index in [4.69, 9.17) is 9.47 Å². The second-order valence-electron chi connectivity index (χ2n) is 7.20. The number of aromatic nitrogens is 2. The number of ether oxygens (including phenoxy) is 2. The molecule has 0 radical (unpaired) electrons. The Morgan fingerprint density at radius 3 is 3.08 bits per heavy atom. The van der Waals surface area contributed by atoms with E-state index in [1.807, 2.05) is 0 Å². The van der Waals surface area contributed by atoms with Gasteiger partial charge in [0.1, 0.15) is 5.60 Å². The first-order chi connectivity index (χ1) is 12.1. The van der Waals surface area contributed by atoms with Gasteiger partial charge in [-0.15, -0.1) is 0 Å². The van der Waals surface area contributed by atoms with E-state index in [1.165, 1.54) is 10.7 Å². The van der Waals surface area contributed by atoms with Crippen LogP contribution in [0.1, 0.15) is 25.7 Å². The van der Waals surface area contributed by atoms with Crippen LogP contribution in [-0.4, -0.2) is 64.8 Å². The van der Waals surface area contributed by atoms with Gasteiger partial charge >= 0.3 is 6.03 Å². The zero-order chi connectivity index (χ0) is 17.3. The molecule has 3 fully saturated rings. The smallest absolute Gasteiger partial charge is 0.317 e. The largest absolute Gasteiger partial charge is 0.377 e. The first-order valence-corrected chi connectivity index (χ1v) is 8.97. The standard InChI is InChI=1S/C17H24N4O4/c22-15-2-1-7-18-21(15)10-14-5-6-17(25-14)11-20(8-9-24-12-17)16(23)19-13-3-4-13/h1-2,7,13-14H,3-6,8-12H2,(H,19,23)/t14-,17+/m0/s1. The van der Waals surface area contributed by atoms with Gasteiger partial charge in [-0.2, -0.15) is 5.10 Å². The second kappa shape index (κ2) is 6.76. The Morgan fingerprint density at radius 1 is 1.40 bits per heavy atom. The maximum atomic E-state index is 12.4. The number of nitrogens with zero attached hydrogens (tertiary/aromatic N) is 3. The van der Waals surface area contributed by atoms with Crippen molar-refractivity contribution >= 4 is 6.03 Å². The fourth-order valence-electron chi connectivity index (χ4n) is 3.54. The van der Waals surface area contributed by atoms with E-state index in [1.54, 1.807) is 17.2 Å². The van der Waals surface area contributed by atoms with Gasteiger partial charge in [0.25, 0.3) is 5.56 Å². The van der Waals surface area contributed by atoms with Crippen molar-refractivity contribution < 1.29 is 14.3 Å². The molecule has 8 heteroatoms. The summed E-state index contributed by atoms with van der Waals surface area (Å²) in [5, 5.41) is 7.13. The molecular formula is C17H24N4O4. The number of hydrogen-bond acceptors (Lipinski definition) is 5. The fourth-order valence-corrected chi connectivity index (χ4v) is 3.54. The number of carbonyl (C=O) groups is 1. The van der Waals surface area contributed by atoms with Crippen molar-refractivity contribution in [3.05, 3.63) is 28.7 Å². The van der Waals surface area contributed by atoms with E-state index in [-0.39, 0.29) is 17.7 Å². The molecule has 2 atom stereocenters. The monoisotopic (exact) mass is 348 g/mol. The number of hydrogen-bond donors (Lipinski definition) is 1. The van der Waals surface area contributed by atoms with Crippen molar-refractivity contribution in [3.63, 3.8) is 0 Å². The van der Waals surface area contributed by atoms with E-state index in [2.05, 4.69) is 10.4 Å². The molecule has 2 amide bonds. The Morgan fingerprint density at radius 2 is 2.28 bits per heavy atom. The highest BCUT2D eigenvalue weighted by Gasteiger charge is 2.44. The highest BCUT2D eigenvalue weighted by atomic mass is 16.6. The van der Waals surface area contributed by atoms with Gasteiger partial charge in [-0.3, -0.25) is 4.79 Å². The summed E-state index contributed by atoms with van der Waals surface area (Å²) in [6, 6.07) is 3.43. The first kappa shape index (κ1) is 16.5. The number of nitrogens with one attached hydrogen (secondary N) is 1. The lowest BCUT2D eigenvalue weighted by atomic mass is 10.0. The first-order valence-electron chi connectivity index (χ1n) is 8.97. The van der Waals surface area contributed by atoms with Gasteiger partial charge in [0, 0.05) is 24.8 Å². The van der Waals surface area contributed by atoms with E-state index >= 15 is 0 Å². The van der Waals surface area contributed by atoms with E-state index in [0.717, 1.165) is 25.7 Å². The summed E-state index contributed by atoms with van der Waals surface area (Å²) in [7, 11) is 0. The third kappa shape index (κ3) is 3.85. The maximum absolute atomic E-state index is 12.4. The Labute approximate surface area is 146 Å². The quantitative estimate of drug-likeness (QED) is 0.853. The van der Waals surface area contributed by atoms with Crippen LogP contribution in [0.2, 0.25) is 0 Å². The molecule has 1 spiro atoms. The third-order valence-corrected chi connectivity index (χ3v) is 5.04. The summed E-state index contributed by atoms with van der Waals surface area (Å²) >= 11 is 0. The maximum Gasteiger partial charge on any atom is 0.317 e. The Hall–Kier alpha value is -1.93. The van der Waals surface area contributed by atoms with E-state index in [0.29, 0.717) is 38.9 Å². The minimum absolute atomic E-state index is 0.0274. The normalized spacial score (nSPS) is 29.6. The third-order valence-electron chi connectivity index (χ3n) is 5.04. The molecule has 1 aromatic heterocycles. The van der Waals surface area contributed by atoms with Crippen LogP contribution in [0, 0.1) is 0 Å². The van der Waals surface area contributed by atoms with Crippen molar-refractivity contribution in [1.29, 1.82) is 0 Å². The van der Waals surface area contributed by atoms with Crippen LogP contribution in [0.4, 0.5) is 4.79 Å². The van der Waals surface area contributed by atoms with Gasteiger partial charge in [0.15, 0.2) is 0 Å². The highest BCUT2D eigenvalue weighted by molar-refractivity contribution is 5.75. The second-order valence-corrected chi connectivity index (χ2v) is 7.20. The zero-order valence-corrected chi connectivity index (χ0v) is 14.2. The summed E-state index contributed by atoms with van der Waals surface area (Å²) in [5.41, 5.74) is -0.616. The van der Waals surface area contributed by atoms with Gasteiger partial charge < -0.3 is 19.7 Å². The van der Waals surface area contributed by atoms with Crippen LogP contribution in [0.25, 0.3) is 0 Å². The molecule has 3 aliphatic rings. The minimum atomic E-state index is -0.486. The van der Waals surface area contributed by atoms with Gasteiger partial charge in [0.2, 0.25) is 0 Å². The number of urea groups is 1. The van der Waals surface area contributed by atoms with Crippen LogP contribution >= 0.6 is 0 Å². The molecule has 0 aromatic carbocycles. The summed E-state index contributed by atoms with van der Waals surface area (Å²) in [6.45, 7) is 2.53. The van der Waals surface area contributed by atoms with Crippen LogP contribution in [0.5, 0.6) is 0 Å². The minimum Gasteiger partial charge on any atom is -0.377 e. The molecule has 1 N–H and O–H groups in total. The van der Waals surface area contributed by atoms with Crippen LogP contribution in [0.15, 0.2) is 23.1 Å². The number of rotatable bonds is 3. The molecule has 1 aromatic rings. The molecule has 25 heavy (non-hydrogen) atoms. The average Bonchev–Trinajstić information content (AvgIpc) is 3.35. The summed E-state index contributed by atoms with van der Waals surface area (Å²) in [5.74, 6) is 0. The molecule has 2 saturated heterocycles. The van der Waals surface area contributed by atoms with Gasteiger partial charge in [-0.25, -0.2) is 9.48 Å². The highest BCUT2D eigenvalue weighted by Crippen LogP contribution is 2.33. The Balaban J connectivity index is 1.41. The van der Waals surface area contributed by atoms with Gasteiger partial charge in [-0.05, 0) is 31.7 Å². The van der Waals surface area contributed by atoms with Crippen molar-refractivity contribution in [3.8, 4) is 0 Å². The lowest BCUT2D eigenvalue weighted by Crippen LogP contribution is -2.50. The molecular weight excluding hydrogens is 324 g/mol. The summed E-state index contributed by atoms with van der Waals surface area (Å²) in [6.07, 6.45) is 5.28. The summed E-state index contributed by atoms with van der Waals surface area (Å²) < 4.78 is 13.4. The molecule has 8 nitrogen and oxygen atoms in total. The SMILES string of the molecule is O=C(NC1CC1)N1CCOC[C@@]2(CC[C@@H](Cn3ncccc3=O)O2)C1. The van der Waals surface area contributed by atoms with Crippen molar-refractivity contribution in [2.45, 2.75) is 50.0 Å². The topological polar surface area (TPSA) is 85.7 Å². The molecule has 0 bridgehead atoms. The molecule has 2 aliphatic heterocycles. The lowest BCUT2D eigenvalue weighted by Gasteiger charge is -2.32. The molecule has 3 heterocycles. The fraction of sp³-hybridized carbons (Fsp3) is 0.706. The molecule has 4 rings (SSSR count). The predicted octanol–water partition coefficient (Wildman–Crippen LogP) is 0.365. The van der Waals surface area contributed by atoms with Crippen LogP contribution < -0.4 is 10.9 Å². The molecule has 136 valence electrons. The summed E-state index contributed by atoms with van der Waals surface area (Å²) in [4.78, 5) is 26.1. The number of carbonyl (C=O) groups excluding carboxylic acids is 1. The Kier molecular flexibility index (Phi) is 4.47. The molecule has 1 saturated carbocycles. The zero-order valence-electron chi connectivity index (χ0n) is 14.2. The van der Waals surface area contributed by atoms with Crippen molar-refractivity contribution in [2.24, 2.45) is 0 Å². The number of amides is 2. The van der Waals surface area contributed by atoms with Crippen molar-refractivity contribution in [2.75, 3.05) is 26.3 Å². The molecule has 0 unspecified atom stereocenters. The van der Waals surface area contributed by atoms with E-state index < -0.39 is 5.60 Å². The van der Waals surface area contributed by atoms with Crippen LogP contribution in [0.3, 0.4) is 0 Å². The van der Waals surface area contributed by atoms with Crippen molar-refractivity contribution in [1.82, 2.24) is 20.0 Å².